The van der Waals surface area contributed by atoms with Crippen molar-refractivity contribution in [3.63, 3.8) is 0 Å². The highest BCUT2D eigenvalue weighted by molar-refractivity contribution is 5.96. The number of benzene rings is 1. The molecule has 2 aliphatic rings. The molecule has 1 aromatic carbocycles. The molecule has 0 aliphatic carbocycles. The van der Waals surface area contributed by atoms with E-state index in [9.17, 15) is 14.4 Å². The summed E-state index contributed by atoms with van der Waals surface area (Å²) in [4.78, 5) is 42.3. The predicted molar refractivity (Wildman–Crippen MR) is 127 cm³/mol. The molecule has 0 saturated carbocycles. The second-order valence-electron chi connectivity index (χ2n) is 9.11. The Balaban J connectivity index is 1.57. The predicted octanol–water partition coefficient (Wildman–Crippen LogP) is 4.50. The zero-order valence-corrected chi connectivity index (χ0v) is 20.1. The second kappa shape index (κ2) is 10.3. The number of carbonyl (C=O) groups excluding carboxylic acids is 3. The van der Waals surface area contributed by atoms with Crippen molar-refractivity contribution in [2.75, 3.05) is 19.7 Å². The molecule has 1 fully saturated rings. The lowest BCUT2D eigenvalue weighted by Gasteiger charge is -2.34. The smallest absolute Gasteiger partial charge is 0.336 e. The quantitative estimate of drug-likeness (QED) is 0.588. The van der Waals surface area contributed by atoms with Gasteiger partial charge in [-0.25, -0.2) is 4.79 Å². The number of hydrogen-bond donors (Lipinski definition) is 0. The van der Waals surface area contributed by atoms with E-state index in [-0.39, 0.29) is 43.1 Å². The minimum Gasteiger partial charge on any atom is -0.463 e. The molecule has 0 N–H and O–H groups in total. The normalized spacial score (nSPS) is 19.5. The highest BCUT2D eigenvalue weighted by Gasteiger charge is 2.37. The van der Waals surface area contributed by atoms with Gasteiger partial charge >= 0.3 is 5.97 Å². The third-order valence-electron chi connectivity index (χ3n) is 6.78. The van der Waals surface area contributed by atoms with Gasteiger partial charge in [0.05, 0.1) is 18.7 Å². The topological polar surface area (TPSA) is 80.1 Å². The zero-order chi connectivity index (χ0) is 24.2. The Bertz CT molecular complexity index is 1080. The average molecular weight is 465 g/mol. The van der Waals surface area contributed by atoms with Crippen molar-refractivity contribution in [1.82, 2.24) is 9.80 Å². The summed E-state index contributed by atoms with van der Waals surface area (Å²) in [7, 11) is 0. The number of allylic oxidation sites excluding steroid dienone is 1. The molecule has 1 atom stereocenters. The Morgan fingerprint density at radius 3 is 2.47 bits per heavy atom. The van der Waals surface area contributed by atoms with Crippen LogP contribution in [0.2, 0.25) is 0 Å². The highest BCUT2D eigenvalue weighted by atomic mass is 16.5. The Labute approximate surface area is 200 Å². The molecule has 3 heterocycles. The number of piperidine rings is 1. The van der Waals surface area contributed by atoms with Crippen LogP contribution < -0.4 is 0 Å². The number of hydrogen-bond acceptors (Lipinski definition) is 5. The lowest BCUT2D eigenvalue weighted by atomic mass is 9.83. The number of esters is 1. The van der Waals surface area contributed by atoms with E-state index < -0.39 is 5.97 Å². The van der Waals surface area contributed by atoms with E-state index in [4.69, 9.17) is 9.15 Å². The fourth-order valence-corrected chi connectivity index (χ4v) is 4.75. The lowest BCUT2D eigenvalue weighted by molar-refractivity contribution is -0.140. The lowest BCUT2D eigenvalue weighted by Crippen LogP contribution is -2.38. The number of nitrogens with zero attached hydrogens (tertiary/aromatic N) is 2. The summed E-state index contributed by atoms with van der Waals surface area (Å²) < 4.78 is 11.2. The first-order valence-electron chi connectivity index (χ1n) is 12.0. The number of rotatable bonds is 6. The fourth-order valence-electron chi connectivity index (χ4n) is 4.75. The molecule has 34 heavy (non-hydrogen) atoms. The van der Waals surface area contributed by atoms with Gasteiger partial charge in [0, 0.05) is 31.1 Å². The molecule has 2 aromatic rings. The first-order chi connectivity index (χ1) is 16.4. The van der Waals surface area contributed by atoms with Crippen molar-refractivity contribution in [3.8, 4) is 0 Å². The average Bonchev–Trinajstić information content (AvgIpc) is 3.31. The molecule has 4 rings (SSSR count). The van der Waals surface area contributed by atoms with Crippen LogP contribution in [0, 0.1) is 5.92 Å². The molecule has 0 bridgehead atoms. The number of furan rings is 1. The SMILES string of the molecule is CCOC(=O)C1=C(C)N(Cc2ccc(C(=O)N3CCC(C)CC3)o2)C(=O)CC1c1ccccc1. The maximum Gasteiger partial charge on any atom is 0.336 e. The van der Waals surface area contributed by atoms with Crippen LogP contribution in [-0.2, 0) is 20.9 Å². The van der Waals surface area contributed by atoms with E-state index >= 15 is 0 Å². The van der Waals surface area contributed by atoms with E-state index in [0.717, 1.165) is 31.5 Å². The first kappa shape index (κ1) is 23.8. The Morgan fingerprint density at radius 1 is 1.09 bits per heavy atom. The van der Waals surface area contributed by atoms with Gasteiger partial charge in [0.2, 0.25) is 5.91 Å². The summed E-state index contributed by atoms with van der Waals surface area (Å²) in [5.74, 6) is 0.413. The van der Waals surface area contributed by atoms with Crippen molar-refractivity contribution < 1.29 is 23.5 Å². The van der Waals surface area contributed by atoms with Gasteiger partial charge in [0.25, 0.3) is 5.91 Å². The summed E-state index contributed by atoms with van der Waals surface area (Å²) in [6.07, 6.45) is 2.14. The molecule has 7 heteroatoms. The Morgan fingerprint density at radius 2 is 1.79 bits per heavy atom. The summed E-state index contributed by atoms with van der Waals surface area (Å²) >= 11 is 0. The minimum atomic E-state index is -0.416. The van der Waals surface area contributed by atoms with Crippen LogP contribution in [0.4, 0.5) is 0 Å². The summed E-state index contributed by atoms with van der Waals surface area (Å²) in [6, 6.07) is 12.9. The van der Waals surface area contributed by atoms with Crippen LogP contribution in [0.15, 0.2) is 58.2 Å². The maximum atomic E-state index is 13.2. The van der Waals surface area contributed by atoms with Crippen LogP contribution in [0.5, 0.6) is 0 Å². The number of carbonyl (C=O) groups is 3. The van der Waals surface area contributed by atoms with Crippen LogP contribution in [-0.4, -0.2) is 47.3 Å². The molecule has 1 saturated heterocycles. The molecule has 2 amide bonds. The monoisotopic (exact) mass is 464 g/mol. The maximum absolute atomic E-state index is 13.2. The van der Waals surface area contributed by atoms with Gasteiger partial charge in [-0.05, 0) is 50.3 Å². The molecular weight excluding hydrogens is 432 g/mol. The van der Waals surface area contributed by atoms with Gasteiger partial charge in [-0.2, -0.15) is 0 Å². The van der Waals surface area contributed by atoms with Crippen LogP contribution in [0.3, 0.4) is 0 Å². The van der Waals surface area contributed by atoms with Crippen LogP contribution in [0.1, 0.15) is 67.8 Å². The Kier molecular flexibility index (Phi) is 7.20. The standard InChI is InChI=1S/C27H32N2O5/c1-4-33-27(32)25-19(3)29(24(30)16-22(25)20-8-6-5-7-9-20)17-21-10-11-23(34-21)26(31)28-14-12-18(2)13-15-28/h5-11,18,22H,4,12-17H2,1-3H3. The van der Waals surface area contributed by atoms with Gasteiger partial charge in [-0.3, -0.25) is 9.59 Å². The van der Waals surface area contributed by atoms with E-state index in [0.29, 0.717) is 22.9 Å². The molecule has 0 radical (unpaired) electrons. The third-order valence-corrected chi connectivity index (χ3v) is 6.78. The molecule has 2 aliphatic heterocycles. The van der Waals surface area contributed by atoms with E-state index in [2.05, 4.69) is 6.92 Å². The van der Waals surface area contributed by atoms with Crippen LogP contribution in [0.25, 0.3) is 0 Å². The van der Waals surface area contributed by atoms with Crippen molar-refractivity contribution >= 4 is 17.8 Å². The molecule has 180 valence electrons. The zero-order valence-electron chi connectivity index (χ0n) is 20.1. The molecule has 1 unspecified atom stereocenters. The van der Waals surface area contributed by atoms with E-state index in [1.165, 1.54) is 0 Å². The van der Waals surface area contributed by atoms with Crippen molar-refractivity contribution in [1.29, 1.82) is 0 Å². The molecular formula is C27H32N2O5. The minimum absolute atomic E-state index is 0.103. The van der Waals surface area contributed by atoms with Gasteiger partial charge < -0.3 is 19.0 Å². The molecule has 1 aromatic heterocycles. The number of amides is 2. The fraction of sp³-hybridized carbons (Fsp3) is 0.444. The Hall–Kier alpha value is -3.35. The molecule has 0 spiro atoms. The van der Waals surface area contributed by atoms with Crippen molar-refractivity contribution in [3.05, 3.63) is 70.8 Å². The highest BCUT2D eigenvalue weighted by Crippen LogP contribution is 2.37. The number of ether oxygens (including phenoxy) is 1. The number of likely N-dealkylation sites (tertiary alicyclic amines) is 1. The van der Waals surface area contributed by atoms with Crippen LogP contribution >= 0.6 is 0 Å². The third kappa shape index (κ3) is 4.93. The summed E-state index contributed by atoms with van der Waals surface area (Å²) in [5, 5.41) is 0. The van der Waals surface area contributed by atoms with Crippen molar-refractivity contribution in [2.45, 2.75) is 52.5 Å². The van der Waals surface area contributed by atoms with Gasteiger partial charge in [-0.15, -0.1) is 0 Å². The second-order valence-corrected chi connectivity index (χ2v) is 9.11. The van der Waals surface area contributed by atoms with E-state index in [1.54, 1.807) is 30.9 Å². The summed E-state index contributed by atoms with van der Waals surface area (Å²) in [6.45, 7) is 7.59. The van der Waals surface area contributed by atoms with Gasteiger partial charge in [0.1, 0.15) is 5.76 Å². The largest absolute Gasteiger partial charge is 0.463 e. The van der Waals surface area contributed by atoms with Gasteiger partial charge in [0.15, 0.2) is 5.76 Å². The first-order valence-corrected chi connectivity index (χ1v) is 12.0. The summed E-state index contributed by atoms with van der Waals surface area (Å²) in [5.41, 5.74) is 1.94. The van der Waals surface area contributed by atoms with Gasteiger partial charge in [-0.1, -0.05) is 37.3 Å². The van der Waals surface area contributed by atoms with Crippen molar-refractivity contribution in [2.24, 2.45) is 5.92 Å². The molecule has 7 nitrogen and oxygen atoms in total. The van der Waals surface area contributed by atoms with E-state index in [1.807, 2.05) is 35.2 Å².